The van der Waals surface area contributed by atoms with E-state index in [1.54, 1.807) is 6.92 Å². The number of dihydropyridines is 1. The first kappa shape index (κ1) is 20.1. The topological polar surface area (TPSA) is 37.3 Å². The van der Waals surface area contributed by atoms with Gasteiger partial charge in [0.2, 0.25) is 0 Å². The van der Waals surface area contributed by atoms with Gasteiger partial charge in [-0.2, -0.15) is 0 Å². The molecular weight excluding hydrogens is 387 g/mol. The summed E-state index contributed by atoms with van der Waals surface area (Å²) in [6, 6.07) is 11.6. The third-order valence-corrected chi connectivity index (χ3v) is 5.32. The Kier molecular flexibility index (Phi) is 5.57. The molecule has 1 aliphatic heterocycles. The molecule has 0 radical (unpaired) electrons. The van der Waals surface area contributed by atoms with Crippen LogP contribution in [0.2, 0.25) is 0 Å². The lowest BCUT2D eigenvalue weighted by Gasteiger charge is -2.20. The summed E-state index contributed by atoms with van der Waals surface area (Å²) < 4.78 is 40.8. The number of anilines is 1. The van der Waals surface area contributed by atoms with E-state index in [4.69, 9.17) is 0 Å². The average molecular weight is 409 g/mol. The molecule has 2 heterocycles. The van der Waals surface area contributed by atoms with E-state index >= 15 is 0 Å². The number of rotatable bonds is 5. The van der Waals surface area contributed by atoms with Gasteiger partial charge in [0.15, 0.2) is 0 Å². The molecule has 1 aliphatic rings. The van der Waals surface area contributed by atoms with Crippen LogP contribution in [0.15, 0.2) is 53.5 Å². The van der Waals surface area contributed by atoms with Gasteiger partial charge in [0.05, 0.1) is 23.7 Å². The summed E-state index contributed by atoms with van der Waals surface area (Å²) in [6.07, 6.45) is 1.93. The van der Waals surface area contributed by atoms with E-state index in [9.17, 15) is 13.2 Å². The largest absolute Gasteiger partial charge is 0.378 e. The van der Waals surface area contributed by atoms with Gasteiger partial charge in [0.25, 0.3) is 6.43 Å². The van der Waals surface area contributed by atoms with E-state index in [1.807, 2.05) is 31.3 Å². The summed E-state index contributed by atoms with van der Waals surface area (Å²) >= 11 is 0. The molecule has 1 unspecified atom stereocenters. The Bertz CT molecular complexity index is 1150. The Hall–Kier alpha value is -3.15. The van der Waals surface area contributed by atoms with E-state index in [-0.39, 0.29) is 5.56 Å². The lowest BCUT2D eigenvalue weighted by molar-refractivity contribution is 0.146. The van der Waals surface area contributed by atoms with Crippen molar-refractivity contribution in [3.05, 3.63) is 76.7 Å². The molecule has 1 N–H and O–H groups in total. The number of aromatic nitrogens is 1. The van der Waals surface area contributed by atoms with Crippen molar-refractivity contribution in [1.29, 1.82) is 0 Å². The summed E-state index contributed by atoms with van der Waals surface area (Å²) in [5, 5.41) is 4.21. The maximum atomic E-state index is 14.6. The number of hydrogen-bond acceptors (Lipinski definition) is 3. The summed E-state index contributed by atoms with van der Waals surface area (Å²) in [6.45, 7) is 4.32. The van der Waals surface area contributed by atoms with Crippen molar-refractivity contribution in [1.82, 2.24) is 4.98 Å². The van der Waals surface area contributed by atoms with Crippen LogP contribution in [-0.4, -0.2) is 17.7 Å². The van der Waals surface area contributed by atoms with Crippen LogP contribution in [0.1, 0.15) is 48.2 Å². The number of halogens is 3. The Morgan fingerprint density at radius 1 is 1.07 bits per heavy atom. The third-order valence-electron chi connectivity index (χ3n) is 5.32. The van der Waals surface area contributed by atoms with Crippen LogP contribution in [-0.2, 0) is 0 Å². The number of aliphatic imine (C=N–C) groups is 1. The van der Waals surface area contributed by atoms with Crippen LogP contribution in [0.4, 0.5) is 18.9 Å². The minimum atomic E-state index is -2.85. The van der Waals surface area contributed by atoms with E-state index in [1.165, 1.54) is 17.7 Å². The molecule has 3 aromatic rings. The number of aryl methyl sites for hydroxylation is 1. The maximum Gasteiger partial charge on any atom is 0.266 e. The summed E-state index contributed by atoms with van der Waals surface area (Å²) in [5.41, 5.74) is 4.33. The predicted octanol–water partition coefficient (Wildman–Crippen LogP) is 6.65. The van der Waals surface area contributed by atoms with Crippen LogP contribution < -0.4 is 5.32 Å². The lowest BCUT2D eigenvalue weighted by atomic mass is 9.98. The van der Waals surface area contributed by atoms with Crippen LogP contribution in [0.25, 0.3) is 16.5 Å². The van der Waals surface area contributed by atoms with Gasteiger partial charge < -0.3 is 5.32 Å². The number of nitrogens with one attached hydrogen (secondary N) is 1. The Labute approximate surface area is 173 Å². The summed E-state index contributed by atoms with van der Waals surface area (Å²) in [5.74, 6) is -0.866. The Morgan fingerprint density at radius 3 is 2.60 bits per heavy atom. The predicted molar refractivity (Wildman–Crippen MR) is 116 cm³/mol. The van der Waals surface area contributed by atoms with Gasteiger partial charge in [-0.1, -0.05) is 30.3 Å². The number of pyridine rings is 1. The number of fused-ring (bicyclic) bond motifs is 1. The van der Waals surface area contributed by atoms with Crippen LogP contribution in [0, 0.1) is 12.7 Å². The quantitative estimate of drug-likeness (QED) is 0.512. The van der Waals surface area contributed by atoms with Gasteiger partial charge in [-0.15, -0.1) is 0 Å². The standard InChI is InChI=1S/C24H22F3N3/c1-14-12-22(30-15(2)18-4-3-5-19(23(18)25)24(26)27)20-13-17(6-7-21(20)29-14)16-8-10-28-11-9-16/h3-8,11-13,15,24H,9-10H2,1-2H3,(H,29,30). The Balaban J connectivity index is 1.73. The number of alkyl halides is 2. The van der Waals surface area contributed by atoms with Crippen molar-refractivity contribution in [2.75, 3.05) is 11.9 Å². The maximum absolute atomic E-state index is 14.6. The second kappa shape index (κ2) is 8.30. The molecule has 1 atom stereocenters. The molecule has 2 aromatic carbocycles. The van der Waals surface area contributed by atoms with Crippen molar-refractivity contribution in [2.24, 2.45) is 4.99 Å². The second-order valence-electron chi connectivity index (χ2n) is 7.44. The van der Waals surface area contributed by atoms with Crippen LogP contribution in [0.3, 0.4) is 0 Å². The highest BCUT2D eigenvalue weighted by atomic mass is 19.3. The van der Waals surface area contributed by atoms with Gasteiger partial charge in [0.1, 0.15) is 5.82 Å². The van der Waals surface area contributed by atoms with Gasteiger partial charge in [0, 0.05) is 35.0 Å². The smallest absolute Gasteiger partial charge is 0.266 e. The molecule has 0 aliphatic carbocycles. The van der Waals surface area contributed by atoms with Crippen molar-refractivity contribution in [3.8, 4) is 0 Å². The molecule has 0 saturated heterocycles. The van der Waals surface area contributed by atoms with Crippen molar-refractivity contribution in [3.63, 3.8) is 0 Å². The fourth-order valence-electron chi connectivity index (χ4n) is 3.78. The molecule has 30 heavy (non-hydrogen) atoms. The minimum absolute atomic E-state index is 0.206. The molecule has 0 spiro atoms. The van der Waals surface area contributed by atoms with Crippen LogP contribution in [0.5, 0.6) is 0 Å². The highest BCUT2D eigenvalue weighted by Crippen LogP contribution is 2.33. The number of nitrogens with zero attached hydrogens (tertiary/aromatic N) is 2. The molecule has 0 saturated carbocycles. The zero-order valence-corrected chi connectivity index (χ0v) is 16.8. The Morgan fingerprint density at radius 2 is 1.87 bits per heavy atom. The zero-order chi connectivity index (χ0) is 21.3. The van der Waals surface area contributed by atoms with Crippen molar-refractivity contribution >= 4 is 28.4 Å². The highest BCUT2D eigenvalue weighted by molar-refractivity contribution is 5.95. The summed E-state index contributed by atoms with van der Waals surface area (Å²) in [4.78, 5) is 8.83. The van der Waals surface area contributed by atoms with E-state index in [2.05, 4.69) is 27.4 Å². The minimum Gasteiger partial charge on any atom is -0.378 e. The fourth-order valence-corrected chi connectivity index (χ4v) is 3.78. The first-order valence-electron chi connectivity index (χ1n) is 9.86. The van der Waals surface area contributed by atoms with Gasteiger partial charge in [-0.3, -0.25) is 9.98 Å². The van der Waals surface area contributed by atoms with E-state index in [0.717, 1.165) is 40.3 Å². The molecule has 0 fully saturated rings. The summed E-state index contributed by atoms with van der Waals surface area (Å²) in [7, 11) is 0. The van der Waals surface area contributed by atoms with Gasteiger partial charge >= 0.3 is 0 Å². The molecular formula is C24H22F3N3. The lowest BCUT2D eigenvalue weighted by Crippen LogP contribution is -2.11. The van der Waals surface area contributed by atoms with Crippen molar-refractivity contribution in [2.45, 2.75) is 32.7 Å². The molecule has 4 rings (SSSR count). The highest BCUT2D eigenvalue weighted by Gasteiger charge is 2.20. The van der Waals surface area contributed by atoms with E-state index in [0.29, 0.717) is 6.54 Å². The molecule has 0 amide bonds. The molecule has 1 aromatic heterocycles. The average Bonchev–Trinajstić information content (AvgIpc) is 2.74. The second-order valence-corrected chi connectivity index (χ2v) is 7.44. The molecule has 3 nitrogen and oxygen atoms in total. The SMILES string of the molecule is Cc1cc(NC(C)c2cccc(C(F)F)c2F)c2cc(C3=CCN=CC3)ccc2n1. The number of benzene rings is 2. The fraction of sp³-hybridized carbons (Fsp3) is 0.250. The molecule has 0 bridgehead atoms. The monoisotopic (exact) mass is 409 g/mol. The third kappa shape index (κ3) is 3.95. The normalized spacial score (nSPS) is 14.8. The van der Waals surface area contributed by atoms with Gasteiger partial charge in [-0.25, -0.2) is 13.2 Å². The zero-order valence-electron chi connectivity index (χ0n) is 16.8. The number of hydrogen-bond donors (Lipinski definition) is 1. The molecule has 154 valence electrons. The first-order valence-corrected chi connectivity index (χ1v) is 9.86. The molecule has 6 heteroatoms. The van der Waals surface area contributed by atoms with Crippen molar-refractivity contribution < 1.29 is 13.2 Å². The van der Waals surface area contributed by atoms with Crippen LogP contribution >= 0.6 is 0 Å². The number of allylic oxidation sites excluding steroid dienone is 1. The van der Waals surface area contributed by atoms with E-state index < -0.39 is 23.8 Å². The first-order chi connectivity index (χ1) is 14.4. The van der Waals surface area contributed by atoms with Gasteiger partial charge in [-0.05, 0) is 43.2 Å².